The molecule has 0 saturated heterocycles. The predicted octanol–water partition coefficient (Wildman–Crippen LogP) is 4.00. The molecule has 0 aliphatic carbocycles. The SMILES string of the molecule is Cc1ccc(F)cc1NC(=O)c1cnc2ccsc2c1. The van der Waals surface area contributed by atoms with Crippen molar-refractivity contribution in [1.29, 1.82) is 0 Å². The molecule has 0 spiro atoms. The predicted molar refractivity (Wildman–Crippen MR) is 78.7 cm³/mol. The lowest BCUT2D eigenvalue weighted by molar-refractivity contribution is 0.102. The third-order valence-corrected chi connectivity index (χ3v) is 3.87. The highest BCUT2D eigenvalue weighted by Gasteiger charge is 2.10. The van der Waals surface area contributed by atoms with Crippen molar-refractivity contribution in [3.05, 3.63) is 58.9 Å². The second-order valence-corrected chi connectivity index (χ2v) is 5.39. The molecule has 0 aliphatic rings. The number of hydrogen-bond acceptors (Lipinski definition) is 3. The number of hydrogen-bond donors (Lipinski definition) is 1. The van der Waals surface area contributed by atoms with Crippen LogP contribution in [0.15, 0.2) is 41.9 Å². The molecule has 3 nitrogen and oxygen atoms in total. The first-order chi connectivity index (χ1) is 9.63. The molecule has 20 heavy (non-hydrogen) atoms. The van der Waals surface area contributed by atoms with Gasteiger partial charge < -0.3 is 5.32 Å². The zero-order chi connectivity index (χ0) is 14.1. The van der Waals surface area contributed by atoms with Crippen LogP contribution in [-0.4, -0.2) is 10.9 Å². The number of aryl methyl sites for hydroxylation is 1. The van der Waals surface area contributed by atoms with E-state index in [0.29, 0.717) is 11.3 Å². The first kappa shape index (κ1) is 12.7. The number of nitrogens with one attached hydrogen (secondary N) is 1. The maximum Gasteiger partial charge on any atom is 0.257 e. The van der Waals surface area contributed by atoms with Crippen LogP contribution in [0.3, 0.4) is 0 Å². The van der Waals surface area contributed by atoms with E-state index in [4.69, 9.17) is 0 Å². The van der Waals surface area contributed by atoms with Gasteiger partial charge in [-0.3, -0.25) is 9.78 Å². The minimum atomic E-state index is -0.377. The molecule has 1 N–H and O–H groups in total. The summed E-state index contributed by atoms with van der Waals surface area (Å²) in [5, 5.41) is 4.64. The lowest BCUT2D eigenvalue weighted by Gasteiger charge is -2.08. The van der Waals surface area contributed by atoms with Crippen molar-refractivity contribution in [3.8, 4) is 0 Å². The molecule has 0 saturated carbocycles. The van der Waals surface area contributed by atoms with Crippen molar-refractivity contribution in [2.24, 2.45) is 0 Å². The molecule has 0 radical (unpaired) electrons. The Balaban J connectivity index is 1.90. The van der Waals surface area contributed by atoms with Crippen molar-refractivity contribution in [1.82, 2.24) is 4.98 Å². The summed E-state index contributed by atoms with van der Waals surface area (Å²) in [4.78, 5) is 16.4. The number of nitrogens with zero attached hydrogens (tertiary/aromatic N) is 1. The Morgan fingerprint density at radius 2 is 2.15 bits per heavy atom. The summed E-state index contributed by atoms with van der Waals surface area (Å²) >= 11 is 1.53. The lowest BCUT2D eigenvalue weighted by Crippen LogP contribution is -2.13. The second-order valence-electron chi connectivity index (χ2n) is 4.44. The fraction of sp³-hybridized carbons (Fsp3) is 0.0667. The molecule has 0 fully saturated rings. The minimum absolute atomic E-state index is 0.290. The number of halogens is 1. The van der Waals surface area contributed by atoms with Gasteiger partial charge in [-0.15, -0.1) is 11.3 Å². The molecule has 5 heteroatoms. The molecule has 2 aromatic heterocycles. The van der Waals surface area contributed by atoms with E-state index in [9.17, 15) is 9.18 Å². The number of carbonyl (C=O) groups is 1. The smallest absolute Gasteiger partial charge is 0.257 e. The van der Waals surface area contributed by atoms with Crippen LogP contribution >= 0.6 is 11.3 Å². The summed E-state index contributed by atoms with van der Waals surface area (Å²) in [6.45, 7) is 1.82. The molecule has 2 heterocycles. The quantitative estimate of drug-likeness (QED) is 0.773. The van der Waals surface area contributed by atoms with E-state index >= 15 is 0 Å². The van der Waals surface area contributed by atoms with Gasteiger partial charge in [0.25, 0.3) is 5.91 Å². The molecular formula is C15H11FN2OS. The van der Waals surface area contributed by atoms with Crippen molar-refractivity contribution >= 4 is 33.1 Å². The number of pyridine rings is 1. The highest BCUT2D eigenvalue weighted by Crippen LogP contribution is 2.21. The third-order valence-electron chi connectivity index (χ3n) is 3.01. The van der Waals surface area contributed by atoms with Gasteiger partial charge in [0.1, 0.15) is 5.82 Å². The number of amides is 1. The van der Waals surface area contributed by atoms with Gasteiger partial charge >= 0.3 is 0 Å². The Kier molecular flexibility index (Phi) is 3.20. The largest absolute Gasteiger partial charge is 0.322 e. The van der Waals surface area contributed by atoms with Gasteiger partial charge in [-0.25, -0.2) is 4.39 Å². The van der Waals surface area contributed by atoms with Gasteiger partial charge in [0.05, 0.1) is 15.8 Å². The summed E-state index contributed by atoms with van der Waals surface area (Å²) in [7, 11) is 0. The van der Waals surface area contributed by atoms with Crippen molar-refractivity contribution in [2.75, 3.05) is 5.32 Å². The fourth-order valence-electron chi connectivity index (χ4n) is 1.89. The number of carbonyl (C=O) groups excluding carboxylic acids is 1. The molecule has 0 aliphatic heterocycles. The van der Waals surface area contributed by atoms with Crippen LogP contribution in [-0.2, 0) is 0 Å². The van der Waals surface area contributed by atoms with Gasteiger partial charge in [0.2, 0.25) is 0 Å². The second kappa shape index (κ2) is 5.02. The lowest BCUT2D eigenvalue weighted by atomic mass is 10.2. The van der Waals surface area contributed by atoms with E-state index in [-0.39, 0.29) is 11.7 Å². The number of thiophene rings is 1. The first-order valence-electron chi connectivity index (χ1n) is 6.04. The number of anilines is 1. The van der Waals surface area contributed by atoms with Crippen LogP contribution in [0.25, 0.3) is 10.2 Å². The van der Waals surface area contributed by atoms with E-state index in [2.05, 4.69) is 10.3 Å². The first-order valence-corrected chi connectivity index (χ1v) is 6.92. The average molecular weight is 286 g/mol. The zero-order valence-corrected chi connectivity index (χ0v) is 11.5. The van der Waals surface area contributed by atoms with Gasteiger partial charge in [0, 0.05) is 11.9 Å². The van der Waals surface area contributed by atoms with E-state index in [0.717, 1.165) is 15.8 Å². The van der Waals surface area contributed by atoms with E-state index in [1.54, 1.807) is 12.1 Å². The maximum atomic E-state index is 13.2. The molecule has 0 atom stereocenters. The van der Waals surface area contributed by atoms with Crippen molar-refractivity contribution in [2.45, 2.75) is 6.92 Å². The summed E-state index contributed by atoms with van der Waals surface area (Å²) in [6, 6.07) is 8.00. The molecule has 3 aromatic rings. The third kappa shape index (κ3) is 2.40. The zero-order valence-electron chi connectivity index (χ0n) is 10.7. The topological polar surface area (TPSA) is 42.0 Å². The fourth-order valence-corrected chi connectivity index (χ4v) is 2.67. The van der Waals surface area contributed by atoms with Crippen LogP contribution in [0.5, 0.6) is 0 Å². The van der Waals surface area contributed by atoms with Crippen LogP contribution in [0, 0.1) is 12.7 Å². The van der Waals surface area contributed by atoms with Crippen LogP contribution in [0.4, 0.5) is 10.1 Å². The van der Waals surface area contributed by atoms with Gasteiger partial charge in [-0.2, -0.15) is 0 Å². The summed E-state index contributed by atoms with van der Waals surface area (Å²) < 4.78 is 14.2. The van der Waals surface area contributed by atoms with Gasteiger partial charge in [0.15, 0.2) is 0 Å². The number of fused-ring (bicyclic) bond motifs is 1. The highest BCUT2D eigenvalue weighted by atomic mass is 32.1. The number of rotatable bonds is 2. The van der Waals surface area contributed by atoms with Crippen LogP contribution in [0.1, 0.15) is 15.9 Å². The maximum absolute atomic E-state index is 13.2. The molecule has 3 rings (SSSR count). The normalized spacial score (nSPS) is 10.7. The van der Waals surface area contributed by atoms with Gasteiger partial charge in [-0.1, -0.05) is 6.07 Å². The number of aromatic nitrogens is 1. The highest BCUT2D eigenvalue weighted by molar-refractivity contribution is 7.17. The van der Waals surface area contributed by atoms with Crippen molar-refractivity contribution < 1.29 is 9.18 Å². The average Bonchev–Trinajstić information content (AvgIpc) is 2.90. The Morgan fingerprint density at radius 3 is 3.00 bits per heavy atom. The molecule has 0 bridgehead atoms. The van der Waals surface area contributed by atoms with Crippen molar-refractivity contribution in [3.63, 3.8) is 0 Å². The standard InChI is InChI=1S/C15H11FN2OS/c1-9-2-3-11(16)7-13(9)18-15(19)10-6-14-12(17-8-10)4-5-20-14/h2-8H,1H3,(H,18,19). The molecular weight excluding hydrogens is 275 g/mol. The summed E-state index contributed by atoms with van der Waals surface area (Å²) in [5.41, 5.74) is 2.61. The van der Waals surface area contributed by atoms with E-state index in [1.807, 2.05) is 18.4 Å². The molecule has 100 valence electrons. The summed E-state index contributed by atoms with van der Waals surface area (Å²) in [6.07, 6.45) is 1.53. The molecule has 1 aromatic carbocycles. The number of benzene rings is 1. The Bertz CT molecular complexity index is 797. The molecule has 1 amide bonds. The van der Waals surface area contributed by atoms with Crippen LogP contribution < -0.4 is 5.32 Å². The Morgan fingerprint density at radius 1 is 1.30 bits per heavy atom. The monoisotopic (exact) mass is 286 g/mol. The van der Waals surface area contributed by atoms with Gasteiger partial charge in [-0.05, 0) is 42.1 Å². The Labute approximate surface area is 119 Å². The van der Waals surface area contributed by atoms with E-state index in [1.165, 1.54) is 29.7 Å². The molecule has 0 unspecified atom stereocenters. The minimum Gasteiger partial charge on any atom is -0.322 e. The summed E-state index contributed by atoms with van der Waals surface area (Å²) in [5.74, 6) is -0.667. The van der Waals surface area contributed by atoms with Crippen LogP contribution in [0.2, 0.25) is 0 Å². The Hall–Kier alpha value is -2.27. The van der Waals surface area contributed by atoms with E-state index < -0.39 is 0 Å².